The summed E-state index contributed by atoms with van der Waals surface area (Å²) >= 11 is 1.43. The van der Waals surface area contributed by atoms with Gasteiger partial charge in [-0.2, -0.15) is 0 Å². The van der Waals surface area contributed by atoms with Crippen molar-refractivity contribution in [2.75, 3.05) is 13.1 Å². The number of amides is 1. The van der Waals surface area contributed by atoms with E-state index in [9.17, 15) is 4.79 Å². The normalized spacial score (nSPS) is 18.0. The predicted octanol–water partition coefficient (Wildman–Crippen LogP) is 2.62. The number of furan rings is 1. The average molecular weight is 328 g/mol. The van der Waals surface area contributed by atoms with Crippen molar-refractivity contribution in [1.29, 1.82) is 0 Å². The molecule has 0 bridgehead atoms. The molecule has 2 N–H and O–H groups in total. The zero-order valence-electron chi connectivity index (χ0n) is 11.7. The number of thiazole rings is 1. The topological polar surface area (TPSA) is 67.2 Å². The van der Waals surface area contributed by atoms with Crippen LogP contribution in [0.1, 0.15) is 29.1 Å². The summed E-state index contributed by atoms with van der Waals surface area (Å²) in [5.41, 5.74) is 0.463. The Morgan fingerprint density at radius 1 is 1.52 bits per heavy atom. The van der Waals surface area contributed by atoms with Gasteiger partial charge in [0.25, 0.3) is 5.91 Å². The zero-order valence-corrected chi connectivity index (χ0v) is 13.4. The molecule has 0 unspecified atom stereocenters. The molecule has 1 saturated heterocycles. The number of carbonyl (C=O) groups is 1. The van der Waals surface area contributed by atoms with E-state index < -0.39 is 0 Å². The quantitative estimate of drug-likeness (QED) is 0.909. The molecule has 5 nitrogen and oxygen atoms in total. The third-order valence-corrected chi connectivity index (χ3v) is 4.18. The van der Waals surface area contributed by atoms with Crippen LogP contribution in [0.4, 0.5) is 0 Å². The number of nitrogens with zero attached hydrogens (tertiary/aromatic N) is 1. The second-order valence-corrected chi connectivity index (χ2v) is 5.82. The largest absolute Gasteiger partial charge is 0.459 e. The Hall–Kier alpha value is -1.37. The Kier molecular flexibility index (Phi) is 5.39. The van der Waals surface area contributed by atoms with Crippen molar-refractivity contribution in [2.45, 2.75) is 25.8 Å². The van der Waals surface area contributed by atoms with Gasteiger partial charge in [-0.3, -0.25) is 4.79 Å². The SMILES string of the molecule is Cc1ccc(-c2nc(C(=O)N[C@H]3CCCNC3)cs2)o1.Cl. The van der Waals surface area contributed by atoms with Crippen LogP contribution < -0.4 is 10.6 Å². The summed E-state index contributed by atoms with van der Waals surface area (Å²) in [6.45, 7) is 3.76. The van der Waals surface area contributed by atoms with Gasteiger partial charge in [-0.15, -0.1) is 23.7 Å². The molecule has 7 heteroatoms. The lowest BCUT2D eigenvalue weighted by atomic mass is 10.1. The van der Waals surface area contributed by atoms with Crippen LogP contribution in [0.15, 0.2) is 21.9 Å². The van der Waals surface area contributed by atoms with Crippen LogP contribution in [0.2, 0.25) is 0 Å². The van der Waals surface area contributed by atoms with Crippen LogP contribution in [-0.2, 0) is 0 Å². The second kappa shape index (κ2) is 7.06. The lowest BCUT2D eigenvalue weighted by Crippen LogP contribution is -2.45. The van der Waals surface area contributed by atoms with Gasteiger partial charge < -0.3 is 15.1 Å². The number of nitrogens with one attached hydrogen (secondary N) is 2. The molecule has 1 amide bonds. The van der Waals surface area contributed by atoms with Crippen LogP contribution in [-0.4, -0.2) is 30.0 Å². The first-order valence-electron chi connectivity index (χ1n) is 6.76. The second-order valence-electron chi connectivity index (χ2n) is 4.96. The minimum absolute atomic E-state index is 0. The zero-order chi connectivity index (χ0) is 13.9. The standard InChI is InChI=1S/C14H17N3O2S.ClH/c1-9-4-5-12(19-9)14-17-11(8-20-14)13(18)16-10-3-2-6-15-7-10;/h4-5,8,10,15H,2-3,6-7H2,1H3,(H,16,18);1H/t10-;/m0./s1. The molecule has 0 spiro atoms. The molecule has 3 rings (SSSR count). The molecular weight excluding hydrogens is 310 g/mol. The van der Waals surface area contributed by atoms with Crippen LogP contribution >= 0.6 is 23.7 Å². The fourth-order valence-electron chi connectivity index (χ4n) is 2.28. The van der Waals surface area contributed by atoms with Crippen LogP contribution in [0, 0.1) is 6.92 Å². The van der Waals surface area contributed by atoms with Crippen molar-refractivity contribution in [3.63, 3.8) is 0 Å². The van der Waals surface area contributed by atoms with E-state index in [4.69, 9.17) is 4.42 Å². The van der Waals surface area contributed by atoms with E-state index in [0.29, 0.717) is 11.5 Å². The number of aromatic nitrogens is 1. The Bertz CT molecular complexity index is 605. The number of carbonyl (C=O) groups excluding carboxylic acids is 1. The lowest BCUT2D eigenvalue weighted by Gasteiger charge is -2.23. The fraction of sp³-hybridized carbons (Fsp3) is 0.429. The minimum atomic E-state index is -0.107. The Labute approximate surface area is 133 Å². The van der Waals surface area contributed by atoms with Crippen molar-refractivity contribution in [2.24, 2.45) is 0 Å². The number of rotatable bonds is 3. The molecular formula is C14H18ClN3O2S. The summed E-state index contributed by atoms with van der Waals surface area (Å²) in [6.07, 6.45) is 2.12. The van der Waals surface area contributed by atoms with Gasteiger partial charge >= 0.3 is 0 Å². The van der Waals surface area contributed by atoms with E-state index in [2.05, 4.69) is 15.6 Å². The van der Waals surface area contributed by atoms with Gasteiger partial charge in [-0.1, -0.05) is 0 Å². The molecule has 1 aliphatic rings. The van der Waals surface area contributed by atoms with Gasteiger partial charge in [0.15, 0.2) is 10.8 Å². The Morgan fingerprint density at radius 2 is 2.38 bits per heavy atom. The van der Waals surface area contributed by atoms with E-state index in [1.165, 1.54) is 11.3 Å². The van der Waals surface area contributed by atoms with Gasteiger partial charge in [0.2, 0.25) is 0 Å². The van der Waals surface area contributed by atoms with Crippen molar-refractivity contribution in [1.82, 2.24) is 15.6 Å². The van der Waals surface area contributed by atoms with Gasteiger partial charge in [0, 0.05) is 18.0 Å². The van der Waals surface area contributed by atoms with E-state index in [0.717, 1.165) is 36.7 Å². The Balaban J connectivity index is 0.00000161. The minimum Gasteiger partial charge on any atom is -0.459 e. The molecule has 114 valence electrons. The molecule has 3 heterocycles. The van der Waals surface area contributed by atoms with Crippen LogP contribution in [0.3, 0.4) is 0 Å². The first-order valence-corrected chi connectivity index (χ1v) is 7.64. The van der Waals surface area contributed by atoms with Gasteiger partial charge in [-0.25, -0.2) is 4.98 Å². The van der Waals surface area contributed by atoms with Crippen molar-refractivity contribution in [3.05, 3.63) is 29.0 Å². The first-order chi connectivity index (χ1) is 9.72. The highest BCUT2D eigenvalue weighted by Gasteiger charge is 2.19. The molecule has 2 aromatic rings. The summed E-state index contributed by atoms with van der Waals surface area (Å²) in [4.78, 5) is 16.5. The van der Waals surface area contributed by atoms with Crippen molar-refractivity contribution >= 4 is 29.7 Å². The lowest BCUT2D eigenvalue weighted by molar-refractivity contribution is 0.0926. The van der Waals surface area contributed by atoms with Gasteiger partial charge in [-0.05, 0) is 38.4 Å². The summed E-state index contributed by atoms with van der Waals surface area (Å²) in [6, 6.07) is 3.97. The summed E-state index contributed by atoms with van der Waals surface area (Å²) < 4.78 is 5.52. The smallest absolute Gasteiger partial charge is 0.271 e. The third-order valence-electron chi connectivity index (χ3n) is 3.32. The molecule has 2 aromatic heterocycles. The van der Waals surface area contributed by atoms with Crippen molar-refractivity contribution < 1.29 is 9.21 Å². The maximum absolute atomic E-state index is 12.1. The highest BCUT2D eigenvalue weighted by Crippen LogP contribution is 2.25. The fourth-order valence-corrected chi connectivity index (χ4v) is 3.03. The molecule has 1 atom stereocenters. The van der Waals surface area contributed by atoms with Gasteiger partial charge in [0.1, 0.15) is 11.5 Å². The molecule has 0 aliphatic carbocycles. The first kappa shape index (κ1) is 16.0. The molecule has 0 radical (unpaired) electrons. The maximum atomic E-state index is 12.1. The molecule has 0 saturated carbocycles. The summed E-state index contributed by atoms with van der Waals surface area (Å²) in [7, 11) is 0. The molecule has 21 heavy (non-hydrogen) atoms. The van der Waals surface area contributed by atoms with E-state index in [1.807, 2.05) is 19.1 Å². The molecule has 0 aromatic carbocycles. The maximum Gasteiger partial charge on any atom is 0.271 e. The molecule has 1 fully saturated rings. The number of hydrogen-bond donors (Lipinski definition) is 2. The van der Waals surface area contributed by atoms with E-state index >= 15 is 0 Å². The van der Waals surface area contributed by atoms with E-state index in [-0.39, 0.29) is 24.4 Å². The predicted molar refractivity (Wildman–Crippen MR) is 85.2 cm³/mol. The van der Waals surface area contributed by atoms with Crippen LogP contribution in [0.5, 0.6) is 0 Å². The monoisotopic (exact) mass is 327 g/mol. The summed E-state index contributed by atoms with van der Waals surface area (Å²) in [5.74, 6) is 1.45. The Morgan fingerprint density at radius 3 is 3.05 bits per heavy atom. The third kappa shape index (κ3) is 3.84. The average Bonchev–Trinajstić information content (AvgIpc) is 3.08. The van der Waals surface area contributed by atoms with Gasteiger partial charge in [0.05, 0.1) is 0 Å². The molecule has 1 aliphatic heterocycles. The van der Waals surface area contributed by atoms with Crippen LogP contribution in [0.25, 0.3) is 10.8 Å². The number of aryl methyl sites for hydroxylation is 1. The summed E-state index contributed by atoms with van der Waals surface area (Å²) in [5, 5.41) is 8.81. The highest BCUT2D eigenvalue weighted by atomic mass is 35.5. The van der Waals surface area contributed by atoms with Crippen molar-refractivity contribution in [3.8, 4) is 10.8 Å². The number of piperidine rings is 1. The number of halogens is 1. The van der Waals surface area contributed by atoms with E-state index in [1.54, 1.807) is 5.38 Å². The number of hydrogen-bond acceptors (Lipinski definition) is 5. The highest BCUT2D eigenvalue weighted by molar-refractivity contribution is 7.13.